The molecule has 0 fully saturated rings. The molecule has 0 saturated heterocycles. The standard InChI is InChI=1S/C13H9FN3O/c14-10-8-9(15)3-4-12(10)18-13-2-1-7-17-11(13)5-6-16-17/h2-8H,15H2. The van der Waals surface area contributed by atoms with E-state index in [2.05, 4.69) is 11.2 Å². The molecule has 0 aliphatic rings. The molecule has 4 nitrogen and oxygen atoms in total. The molecule has 2 N–H and O–H groups in total. The summed E-state index contributed by atoms with van der Waals surface area (Å²) in [6, 6.07) is 10.6. The van der Waals surface area contributed by atoms with Crippen LogP contribution < -0.4 is 10.5 Å². The molecule has 0 unspecified atom stereocenters. The highest BCUT2D eigenvalue weighted by Crippen LogP contribution is 2.28. The number of benzene rings is 1. The van der Waals surface area contributed by atoms with E-state index in [0.29, 0.717) is 11.4 Å². The molecular formula is C13H9FN3O. The fraction of sp³-hybridized carbons (Fsp3) is 0. The van der Waals surface area contributed by atoms with Gasteiger partial charge in [0, 0.05) is 24.0 Å². The topological polar surface area (TPSA) is 52.5 Å². The summed E-state index contributed by atoms with van der Waals surface area (Å²) in [4.78, 5) is 0. The molecule has 0 aliphatic carbocycles. The van der Waals surface area contributed by atoms with Crippen LogP contribution in [0, 0.1) is 11.9 Å². The molecule has 3 rings (SSSR count). The Morgan fingerprint density at radius 3 is 3.00 bits per heavy atom. The second kappa shape index (κ2) is 4.03. The van der Waals surface area contributed by atoms with Gasteiger partial charge < -0.3 is 10.5 Å². The van der Waals surface area contributed by atoms with Gasteiger partial charge >= 0.3 is 0 Å². The summed E-state index contributed by atoms with van der Waals surface area (Å²) < 4.78 is 20.7. The number of halogens is 1. The van der Waals surface area contributed by atoms with E-state index in [-0.39, 0.29) is 5.75 Å². The van der Waals surface area contributed by atoms with E-state index in [4.69, 9.17) is 10.5 Å². The van der Waals surface area contributed by atoms with Crippen molar-refractivity contribution in [2.75, 3.05) is 5.73 Å². The molecule has 0 bridgehead atoms. The lowest BCUT2D eigenvalue weighted by atomic mass is 10.3. The Morgan fingerprint density at radius 2 is 2.17 bits per heavy atom. The Hall–Kier alpha value is -2.56. The van der Waals surface area contributed by atoms with Crippen LogP contribution in [-0.4, -0.2) is 9.61 Å². The Labute approximate surface area is 102 Å². The number of nitrogens with zero attached hydrogens (tertiary/aromatic N) is 2. The highest BCUT2D eigenvalue weighted by atomic mass is 19.1. The zero-order valence-electron chi connectivity index (χ0n) is 9.30. The van der Waals surface area contributed by atoms with Crippen molar-refractivity contribution in [1.29, 1.82) is 0 Å². The maximum absolute atomic E-state index is 13.6. The number of nitrogens with two attached hydrogens (primary N) is 1. The average Bonchev–Trinajstić information content (AvgIpc) is 2.82. The van der Waals surface area contributed by atoms with Crippen LogP contribution in [0.2, 0.25) is 0 Å². The van der Waals surface area contributed by atoms with Gasteiger partial charge in [0.15, 0.2) is 17.3 Å². The quantitative estimate of drug-likeness (QED) is 0.703. The SMILES string of the molecule is Nc1ccc(Oc2c[c]cn3nccc23)c(F)c1. The van der Waals surface area contributed by atoms with Crippen molar-refractivity contribution in [3.8, 4) is 11.5 Å². The minimum Gasteiger partial charge on any atom is -0.452 e. The Balaban J connectivity index is 2.03. The van der Waals surface area contributed by atoms with Crippen molar-refractivity contribution in [1.82, 2.24) is 9.61 Å². The van der Waals surface area contributed by atoms with Gasteiger partial charge in [0.25, 0.3) is 0 Å². The molecule has 2 heterocycles. The molecule has 0 atom stereocenters. The van der Waals surface area contributed by atoms with E-state index in [9.17, 15) is 4.39 Å². The van der Waals surface area contributed by atoms with Gasteiger partial charge in [-0.25, -0.2) is 8.91 Å². The molecule has 2 aromatic heterocycles. The lowest BCUT2D eigenvalue weighted by Gasteiger charge is -2.08. The smallest absolute Gasteiger partial charge is 0.167 e. The van der Waals surface area contributed by atoms with Gasteiger partial charge in [-0.3, -0.25) is 0 Å². The number of nitrogen functional groups attached to an aromatic ring is 1. The van der Waals surface area contributed by atoms with Crippen LogP contribution in [0.3, 0.4) is 0 Å². The van der Waals surface area contributed by atoms with Crippen molar-refractivity contribution >= 4 is 11.2 Å². The Morgan fingerprint density at radius 1 is 1.28 bits per heavy atom. The Kier molecular flexibility index (Phi) is 2.37. The molecule has 3 aromatic rings. The zero-order valence-corrected chi connectivity index (χ0v) is 9.30. The third kappa shape index (κ3) is 1.75. The lowest BCUT2D eigenvalue weighted by Crippen LogP contribution is -1.94. The first-order valence-electron chi connectivity index (χ1n) is 5.30. The molecule has 1 radical (unpaired) electrons. The molecule has 0 aliphatic heterocycles. The van der Waals surface area contributed by atoms with E-state index in [1.54, 1.807) is 35.1 Å². The van der Waals surface area contributed by atoms with E-state index >= 15 is 0 Å². The summed E-state index contributed by atoms with van der Waals surface area (Å²) in [7, 11) is 0. The van der Waals surface area contributed by atoms with Gasteiger partial charge in [0.1, 0.15) is 5.52 Å². The molecule has 0 spiro atoms. The summed E-state index contributed by atoms with van der Waals surface area (Å²) in [5, 5.41) is 4.05. The van der Waals surface area contributed by atoms with E-state index in [1.165, 1.54) is 12.1 Å². The monoisotopic (exact) mass is 242 g/mol. The number of ether oxygens (including phenoxy) is 1. The van der Waals surface area contributed by atoms with Crippen LogP contribution in [-0.2, 0) is 0 Å². The summed E-state index contributed by atoms with van der Waals surface area (Å²) in [5.74, 6) is 0.0992. The van der Waals surface area contributed by atoms with Crippen LogP contribution in [0.15, 0.2) is 42.7 Å². The van der Waals surface area contributed by atoms with Gasteiger partial charge in [-0.2, -0.15) is 5.10 Å². The summed E-state index contributed by atoms with van der Waals surface area (Å²) in [6.45, 7) is 0. The normalized spacial score (nSPS) is 10.7. The number of pyridine rings is 1. The van der Waals surface area contributed by atoms with Crippen molar-refractivity contribution < 1.29 is 9.13 Å². The second-order valence-corrected chi connectivity index (χ2v) is 3.76. The maximum Gasteiger partial charge on any atom is 0.167 e. The van der Waals surface area contributed by atoms with Crippen molar-refractivity contribution in [2.24, 2.45) is 0 Å². The number of hydrogen-bond acceptors (Lipinski definition) is 3. The lowest BCUT2D eigenvalue weighted by molar-refractivity contribution is 0.444. The highest BCUT2D eigenvalue weighted by molar-refractivity contribution is 5.60. The van der Waals surface area contributed by atoms with E-state index in [1.807, 2.05) is 0 Å². The zero-order chi connectivity index (χ0) is 12.5. The van der Waals surface area contributed by atoms with Gasteiger partial charge in [-0.05, 0) is 24.3 Å². The van der Waals surface area contributed by atoms with E-state index < -0.39 is 5.82 Å². The maximum atomic E-state index is 13.6. The van der Waals surface area contributed by atoms with Gasteiger partial charge in [0.05, 0.1) is 6.20 Å². The summed E-state index contributed by atoms with van der Waals surface area (Å²) >= 11 is 0. The molecule has 18 heavy (non-hydrogen) atoms. The van der Waals surface area contributed by atoms with Crippen molar-refractivity contribution in [3.63, 3.8) is 0 Å². The van der Waals surface area contributed by atoms with Crippen LogP contribution in [0.5, 0.6) is 11.5 Å². The van der Waals surface area contributed by atoms with Crippen molar-refractivity contribution in [2.45, 2.75) is 0 Å². The van der Waals surface area contributed by atoms with E-state index in [0.717, 1.165) is 5.52 Å². The number of anilines is 1. The Bertz CT molecular complexity index is 708. The van der Waals surface area contributed by atoms with Crippen molar-refractivity contribution in [3.05, 3.63) is 54.6 Å². The third-order valence-corrected chi connectivity index (χ3v) is 2.51. The van der Waals surface area contributed by atoms with Crippen LogP contribution in [0.1, 0.15) is 0 Å². The predicted octanol–water partition coefficient (Wildman–Crippen LogP) is 2.65. The number of rotatable bonds is 2. The number of fused-ring (bicyclic) bond motifs is 1. The van der Waals surface area contributed by atoms with Crippen LogP contribution >= 0.6 is 0 Å². The van der Waals surface area contributed by atoms with Crippen LogP contribution in [0.25, 0.3) is 5.52 Å². The third-order valence-electron chi connectivity index (χ3n) is 2.51. The molecule has 89 valence electrons. The van der Waals surface area contributed by atoms with Gasteiger partial charge in [-0.15, -0.1) is 0 Å². The number of aromatic nitrogens is 2. The largest absolute Gasteiger partial charge is 0.452 e. The first-order chi connectivity index (χ1) is 8.74. The summed E-state index contributed by atoms with van der Waals surface area (Å²) in [5.41, 5.74) is 6.58. The van der Waals surface area contributed by atoms with Gasteiger partial charge in [-0.1, -0.05) is 0 Å². The molecule has 0 amide bonds. The number of hydrogen-bond donors (Lipinski definition) is 1. The fourth-order valence-corrected chi connectivity index (χ4v) is 1.67. The predicted molar refractivity (Wildman–Crippen MR) is 64.9 cm³/mol. The molecule has 1 aromatic carbocycles. The van der Waals surface area contributed by atoms with Crippen LogP contribution in [0.4, 0.5) is 10.1 Å². The average molecular weight is 242 g/mol. The molecule has 0 saturated carbocycles. The summed E-state index contributed by atoms with van der Waals surface area (Å²) in [6.07, 6.45) is 3.30. The fourth-order valence-electron chi connectivity index (χ4n) is 1.67. The highest BCUT2D eigenvalue weighted by Gasteiger charge is 2.08. The minimum absolute atomic E-state index is 0.118. The molecule has 5 heteroatoms. The molecular weight excluding hydrogens is 233 g/mol. The first kappa shape index (κ1) is 10.6. The minimum atomic E-state index is -0.503. The first-order valence-corrected chi connectivity index (χ1v) is 5.30. The van der Waals surface area contributed by atoms with Gasteiger partial charge in [0.2, 0.25) is 0 Å². The second-order valence-electron chi connectivity index (χ2n) is 3.76.